The molecule has 0 spiro atoms. The quantitative estimate of drug-likeness (QED) is 0.576. The van der Waals surface area contributed by atoms with Crippen LogP contribution in [-0.4, -0.2) is 24.7 Å². The van der Waals surface area contributed by atoms with E-state index in [1.54, 1.807) is 0 Å². The largest absolute Gasteiger partial charge is 0.460 e. The maximum atomic E-state index is 11.7. The van der Waals surface area contributed by atoms with E-state index in [0.717, 1.165) is 30.8 Å². The molecule has 4 heteroatoms. The van der Waals surface area contributed by atoms with E-state index in [1.807, 2.05) is 20.8 Å². The fraction of sp³-hybridized carbons (Fsp3) is 0.947. The third-order valence-electron chi connectivity index (χ3n) is 5.92. The van der Waals surface area contributed by atoms with Gasteiger partial charge in [0.1, 0.15) is 5.60 Å². The first-order valence-electron chi connectivity index (χ1n) is 9.26. The van der Waals surface area contributed by atoms with Crippen LogP contribution in [0.15, 0.2) is 0 Å². The van der Waals surface area contributed by atoms with E-state index in [1.165, 1.54) is 44.9 Å². The lowest BCUT2D eigenvalue weighted by Crippen LogP contribution is -2.47. The van der Waals surface area contributed by atoms with E-state index in [2.05, 4.69) is 5.32 Å². The van der Waals surface area contributed by atoms with Crippen LogP contribution < -0.4 is 5.32 Å². The summed E-state index contributed by atoms with van der Waals surface area (Å²) in [6, 6.07) is 0. The molecule has 0 unspecified atom stereocenters. The Morgan fingerprint density at radius 2 is 1.57 bits per heavy atom. The Hall–Kier alpha value is -0.280. The Bertz CT molecular complexity index is 381. The number of carbonyl (C=O) groups is 1. The zero-order chi connectivity index (χ0) is 15.8. The smallest absolute Gasteiger partial charge is 0.307 e. The van der Waals surface area contributed by atoms with Gasteiger partial charge in [-0.3, -0.25) is 4.79 Å². The van der Waals surface area contributed by atoms with E-state index in [0.29, 0.717) is 11.8 Å². The molecule has 23 heavy (non-hydrogen) atoms. The van der Waals surface area contributed by atoms with Gasteiger partial charge >= 0.3 is 5.97 Å². The molecule has 0 radical (unpaired) electrons. The molecular formula is C19H34ClNO2. The second-order valence-electron chi connectivity index (χ2n) is 9.25. The molecule has 0 saturated heterocycles. The average Bonchev–Trinajstić information content (AvgIpc) is 2.34. The summed E-state index contributed by atoms with van der Waals surface area (Å²) < 4.78 is 5.34. The first kappa shape index (κ1) is 19.1. The van der Waals surface area contributed by atoms with Crippen LogP contribution in [0.1, 0.15) is 72.1 Å². The molecule has 1 N–H and O–H groups in total. The minimum absolute atomic E-state index is 0. The molecule has 0 amide bonds. The molecule has 4 saturated carbocycles. The van der Waals surface area contributed by atoms with E-state index < -0.39 is 0 Å². The van der Waals surface area contributed by atoms with Gasteiger partial charge in [0.05, 0.1) is 6.42 Å². The lowest BCUT2D eigenvalue weighted by atomic mass is 9.49. The minimum atomic E-state index is -0.365. The number of carbonyl (C=O) groups excluding carboxylic acids is 1. The predicted molar refractivity (Wildman–Crippen MR) is 95.8 cm³/mol. The van der Waals surface area contributed by atoms with Gasteiger partial charge in [0.25, 0.3) is 0 Å². The highest BCUT2D eigenvalue weighted by Crippen LogP contribution is 2.61. The summed E-state index contributed by atoms with van der Waals surface area (Å²) in [4.78, 5) is 11.7. The molecule has 4 fully saturated rings. The number of rotatable bonds is 6. The number of nitrogens with one attached hydrogen (secondary N) is 1. The van der Waals surface area contributed by atoms with Crippen LogP contribution >= 0.6 is 12.4 Å². The molecule has 4 aliphatic rings. The van der Waals surface area contributed by atoms with Gasteiger partial charge in [0.2, 0.25) is 0 Å². The third-order valence-corrected chi connectivity index (χ3v) is 5.92. The SMILES string of the molecule is CC(C)(C)OC(=O)CCNCCC12CC3CC(CC(C3)C1)C2.Cl. The van der Waals surface area contributed by atoms with Crippen molar-refractivity contribution in [1.82, 2.24) is 5.32 Å². The van der Waals surface area contributed by atoms with Crippen molar-refractivity contribution >= 4 is 18.4 Å². The summed E-state index contributed by atoms with van der Waals surface area (Å²) in [5.74, 6) is 3.02. The van der Waals surface area contributed by atoms with Crippen molar-refractivity contribution in [3.63, 3.8) is 0 Å². The highest BCUT2D eigenvalue weighted by Gasteiger charge is 2.50. The van der Waals surface area contributed by atoms with Gasteiger partial charge in [-0.2, -0.15) is 0 Å². The third kappa shape index (κ3) is 5.09. The van der Waals surface area contributed by atoms with Crippen LogP contribution in [0.3, 0.4) is 0 Å². The molecule has 4 aliphatic carbocycles. The fourth-order valence-electron chi connectivity index (χ4n) is 5.66. The molecular weight excluding hydrogens is 310 g/mol. The van der Waals surface area contributed by atoms with E-state index in [4.69, 9.17) is 4.74 Å². The van der Waals surface area contributed by atoms with E-state index >= 15 is 0 Å². The van der Waals surface area contributed by atoms with Crippen molar-refractivity contribution in [1.29, 1.82) is 0 Å². The standard InChI is InChI=1S/C19H33NO2.ClH/c1-18(2,3)22-17(21)4-6-20-7-5-19-11-14-8-15(12-19)10-16(9-14)13-19;/h14-16,20H,4-13H2,1-3H3;1H. The molecule has 0 aliphatic heterocycles. The van der Waals surface area contributed by atoms with Gasteiger partial charge in [-0.05, 0) is 95.4 Å². The summed E-state index contributed by atoms with van der Waals surface area (Å²) in [6.07, 6.45) is 10.8. The number of hydrogen-bond donors (Lipinski definition) is 1. The molecule has 0 atom stereocenters. The van der Waals surface area contributed by atoms with Crippen LogP contribution in [0.4, 0.5) is 0 Å². The maximum Gasteiger partial charge on any atom is 0.307 e. The van der Waals surface area contributed by atoms with Crippen molar-refractivity contribution in [3.05, 3.63) is 0 Å². The van der Waals surface area contributed by atoms with Gasteiger partial charge < -0.3 is 10.1 Å². The van der Waals surface area contributed by atoms with Crippen LogP contribution in [-0.2, 0) is 9.53 Å². The van der Waals surface area contributed by atoms with Crippen molar-refractivity contribution in [2.24, 2.45) is 23.2 Å². The zero-order valence-corrected chi connectivity index (χ0v) is 15.8. The lowest BCUT2D eigenvalue weighted by molar-refractivity contribution is -0.154. The summed E-state index contributed by atoms with van der Waals surface area (Å²) in [5.41, 5.74) is 0.282. The van der Waals surface area contributed by atoms with Gasteiger partial charge in [-0.15, -0.1) is 12.4 Å². The molecule has 0 aromatic carbocycles. The fourth-order valence-corrected chi connectivity index (χ4v) is 5.66. The zero-order valence-electron chi connectivity index (χ0n) is 15.0. The van der Waals surface area contributed by atoms with Crippen molar-refractivity contribution in [2.45, 2.75) is 77.7 Å². The van der Waals surface area contributed by atoms with Gasteiger partial charge in [-0.1, -0.05) is 0 Å². The summed E-state index contributed by atoms with van der Waals surface area (Å²) in [6.45, 7) is 7.58. The second-order valence-corrected chi connectivity index (χ2v) is 9.25. The molecule has 3 nitrogen and oxygen atoms in total. The number of halogens is 1. The highest BCUT2D eigenvalue weighted by atomic mass is 35.5. The van der Waals surface area contributed by atoms with Gasteiger partial charge in [0.15, 0.2) is 0 Å². The Morgan fingerprint density at radius 1 is 1.04 bits per heavy atom. The molecule has 134 valence electrons. The number of esters is 1. The minimum Gasteiger partial charge on any atom is -0.460 e. The molecule has 4 rings (SSSR count). The van der Waals surface area contributed by atoms with E-state index in [9.17, 15) is 4.79 Å². The Kier molecular flexibility index (Phi) is 6.05. The molecule has 0 heterocycles. The topological polar surface area (TPSA) is 38.3 Å². The Labute approximate surface area is 147 Å². The number of ether oxygens (including phenoxy) is 1. The summed E-state index contributed by atoms with van der Waals surface area (Å²) in [7, 11) is 0. The Morgan fingerprint density at radius 3 is 2.04 bits per heavy atom. The normalized spacial score (nSPS) is 35.0. The van der Waals surface area contributed by atoms with Crippen molar-refractivity contribution < 1.29 is 9.53 Å². The monoisotopic (exact) mass is 343 g/mol. The van der Waals surface area contributed by atoms with Crippen LogP contribution in [0.25, 0.3) is 0 Å². The van der Waals surface area contributed by atoms with Gasteiger partial charge in [0, 0.05) is 6.54 Å². The lowest BCUT2D eigenvalue weighted by Gasteiger charge is -2.57. The molecule has 0 aromatic rings. The maximum absolute atomic E-state index is 11.7. The molecule has 4 bridgehead atoms. The first-order chi connectivity index (χ1) is 10.3. The van der Waals surface area contributed by atoms with Crippen LogP contribution in [0.5, 0.6) is 0 Å². The van der Waals surface area contributed by atoms with Gasteiger partial charge in [-0.25, -0.2) is 0 Å². The number of hydrogen-bond acceptors (Lipinski definition) is 3. The van der Waals surface area contributed by atoms with Crippen molar-refractivity contribution in [2.75, 3.05) is 13.1 Å². The predicted octanol–water partition coefficient (Wildman–Crippen LogP) is 4.34. The molecule has 0 aromatic heterocycles. The summed E-state index contributed by atoms with van der Waals surface area (Å²) in [5, 5.41) is 3.48. The van der Waals surface area contributed by atoms with Crippen LogP contribution in [0, 0.1) is 23.2 Å². The average molecular weight is 344 g/mol. The second kappa shape index (κ2) is 7.31. The highest BCUT2D eigenvalue weighted by molar-refractivity contribution is 5.85. The van der Waals surface area contributed by atoms with Crippen LogP contribution in [0.2, 0.25) is 0 Å². The van der Waals surface area contributed by atoms with E-state index in [-0.39, 0.29) is 24.0 Å². The first-order valence-corrected chi connectivity index (χ1v) is 9.26. The Balaban J connectivity index is 0.00000192. The summed E-state index contributed by atoms with van der Waals surface area (Å²) >= 11 is 0. The van der Waals surface area contributed by atoms with Crippen molar-refractivity contribution in [3.8, 4) is 0 Å².